The lowest BCUT2D eigenvalue weighted by Gasteiger charge is -2.28. The Bertz CT molecular complexity index is 298. The molecule has 118 valence electrons. The zero-order chi connectivity index (χ0) is 15.0. The number of urea groups is 1. The van der Waals surface area contributed by atoms with Crippen LogP contribution in [-0.2, 0) is 4.74 Å². The first kappa shape index (κ1) is 17.1. The highest BCUT2D eigenvalue weighted by atomic mass is 19.4. The maximum atomic E-state index is 11.9. The number of carbonyl (C=O) groups is 1. The molecule has 2 atom stereocenters. The molecule has 1 aliphatic rings. The molecule has 0 aliphatic heterocycles. The maximum absolute atomic E-state index is 11.9. The van der Waals surface area contributed by atoms with Crippen LogP contribution in [0.4, 0.5) is 18.0 Å². The van der Waals surface area contributed by atoms with Gasteiger partial charge >= 0.3 is 12.2 Å². The van der Waals surface area contributed by atoms with Gasteiger partial charge in [0.15, 0.2) is 0 Å². The summed E-state index contributed by atoms with van der Waals surface area (Å²) in [5, 5.41) is 4.64. The molecule has 0 heterocycles. The van der Waals surface area contributed by atoms with Crippen molar-refractivity contribution in [3.63, 3.8) is 0 Å². The van der Waals surface area contributed by atoms with Gasteiger partial charge in [-0.2, -0.15) is 13.2 Å². The summed E-state index contributed by atoms with van der Waals surface area (Å²) < 4.78 is 41.3. The van der Waals surface area contributed by atoms with Crippen molar-refractivity contribution in [2.75, 3.05) is 19.7 Å². The van der Waals surface area contributed by atoms with Gasteiger partial charge in [0.05, 0.1) is 19.1 Å². The molecule has 1 saturated carbocycles. The van der Waals surface area contributed by atoms with E-state index in [1.807, 2.05) is 0 Å². The molecule has 1 rings (SSSR count). The Balaban J connectivity index is 2.01. The van der Waals surface area contributed by atoms with Crippen molar-refractivity contribution < 1.29 is 22.7 Å². The van der Waals surface area contributed by atoms with Crippen LogP contribution in [0.3, 0.4) is 0 Å². The average Bonchev–Trinajstić information content (AvgIpc) is 2.35. The zero-order valence-electron chi connectivity index (χ0n) is 11.8. The van der Waals surface area contributed by atoms with E-state index in [4.69, 9.17) is 4.74 Å². The van der Waals surface area contributed by atoms with E-state index in [0.717, 1.165) is 12.8 Å². The van der Waals surface area contributed by atoms with Gasteiger partial charge in [0.2, 0.25) is 0 Å². The highest BCUT2D eigenvalue weighted by molar-refractivity contribution is 5.73. The Hall–Kier alpha value is -0.980. The second kappa shape index (κ2) is 8.34. The molecule has 0 aromatic rings. The van der Waals surface area contributed by atoms with Crippen LogP contribution >= 0.6 is 0 Å². The number of halogens is 3. The Morgan fingerprint density at radius 1 is 1.20 bits per heavy atom. The van der Waals surface area contributed by atoms with E-state index < -0.39 is 25.2 Å². The van der Waals surface area contributed by atoms with Crippen molar-refractivity contribution in [1.82, 2.24) is 10.6 Å². The second-order valence-electron chi connectivity index (χ2n) is 5.22. The van der Waals surface area contributed by atoms with E-state index in [1.165, 1.54) is 12.8 Å². The van der Waals surface area contributed by atoms with Gasteiger partial charge < -0.3 is 15.4 Å². The van der Waals surface area contributed by atoms with E-state index in [-0.39, 0.29) is 6.10 Å². The third kappa shape index (κ3) is 7.57. The van der Waals surface area contributed by atoms with Crippen molar-refractivity contribution in [1.29, 1.82) is 0 Å². The van der Waals surface area contributed by atoms with Gasteiger partial charge in [-0.1, -0.05) is 19.8 Å². The average molecular weight is 296 g/mol. The third-order valence-corrected chi connectivity index (χ3v) is 3.45. The summed E-state index contributed by atoms with van der Waals surface area (Å²) in [5.41, 5.74) is 0. The normalized spacial score (nSPS) is 23.4. The van der Waals surface area contributed by atoms with Gasteiger partial charge in [-0.05, 0) is 18.8 Å². The minimum Gasteiger partial charge on any atom is -0.376 e. The number of amides is 2. The number of hydrogen-bond donors (Lipinski definition) is 2. The quantitative estimate of drug-likeness (QED) is 0.741. The second-order valence-corrected chi connectivity index (χ2v) is 5.22. The molecule has 2 amide bonds. The molecule has 0 radical (unpaired) electrons. The zero-order valence-corrected chi connectivity index (χ0v) is 11.8. The summed E-state index contributed by atoms with van der Waals surface area (Å²) in [7, 11) is 0. The molecule has 4 nitrogen and oxygen atoms in total. The molecule has 1 fully saturated rings. The Morgan fingerprint density at radius 2 is 1.85 bits per heavy atom. The number of rotatable bonds is 6. The lowest BCUT2D eigenvalue weighted by molar-refractivity contribution is -0.132. The number of ether oxygens (including phenoxy) is 1. The molecule has 0 spiro atoms. The van der Waals surface area contributed by atoms with Crippen molar-refractivity contribution in [3.05, 3.63) is 0 Å². The molecule has 20 heavy (non-hydrogen) atoms. The molecule has 0 unspecified atom stereocenters. The van der Waals surface area contributed by atoms with Crippen LogP contribution in [0.2, 0.25) is 0 Å². The highest BCUT2D eigenvalue weighted by Crippen LogP contribution is 2.25. The molecule has 0 aromatic heterocycles. The van der Waals surface area contributed by atoms with Gasteiger partial charge in [0.25, 0.3) is 0 Å². The molecule has 1 aliphatic carbocycles. The van der Waals surface area contributed by atoms with Gasteiger partial charge in [0, 0.05) is 13.1 Å². The first-order valence-corrected chi connectivity index (χ1v) is 7.08. The lowest BCUT2D eigenvalue weighted by Crippen LogP contribution is -2.39. The SMILES string of the molecule is C[C@H]1CCCC[C@@H]1OCCNC(=O)NCCC(F)(F)F. The van der Waals surface area contributed by atoms with Gasteiger partial charge in [-0.15, -0.1) is 0 Å². The molecule has 0 bridgehead atoms. The first-order chi connectivity index (χ1) is 9.38. The van der Waals surface area contributed by atoms with Gasteiger partial charge in [-0.25, -0.2) is 4.79 Å². The van der Waals surface area contributed by atoms with E-state index in [2.05, 4.69) is 17.6 Å². The summed E-state index contributed by atoms with van der Waals surface area (Å²) in [4.78, 5) is 11.2. The predicted molar refractivity (Wildman–Crippen MR) is 69.4 cm³/mol. The summed E-state index contributed by atoms with van der Waals surface area (Å²) in [6, 6.07) is -0.588. The molecular weight excluding hydrogens is 273 g/mol. The summed E-state index contributed by atoms with van der Waals surface area (Å²) in [6.07, 6.45) is -0.418. The predicted octanol–water partition coefficient (Wildman–Crippen LogP) is 2.83. The number of alkyl halides is 3. The minimum absolute atomic E-state index is 0.235. The monoisotopic (exact) mass is 296 g/mol. The van der Waals surface area contributed by atoms with Crippen LogP contribution in [0.25, 0.3) is 0 Å². The topological polar surface area (TPSA) is 50.4 Å². The minimum atomic E-state index is -4.24. The molecule has 0 aromatic carbocycles. The fraction of sp³-hybridized carbons (Fsp3) is 0.923. The Morgan fingerprint density at radius 3 is 2.50 bits per heavy atom. The maximum Gasteiger partial charge on any atom is 0.390 e. The van der Waals surface area contributed by atoms with Crippen LogP contribution in [0, 0.1) is 5.92 Å². The van der Waals surface area contributed by atoms with E-state index in [1.54, 1.807) is 0 Å². The van der Waals surface area contributed by atoms with Crippen LogP contribution in [0.1, 0.15) is 39.0 Å². The van der Waals surface area contributed by atoms with Crippen molar-refractivity contribution in [2.24, 2.45) is 5.92 Å². The smallest absolute Gasteiger partial charge is 0.376 e. The molecular formula is C13H23F3N2O2. The van der Waals surface area contributed by atoms with Crippen LogP contribution in [0.5, 0.6) is 0 Å². The fourth-order valence-electron chi connectivity index (χ4n) is 2.28. The van der Waals surface area contributed by atoms with E-state index in [9.17, 15) is 18.0 Å². The Labute approximate surface area is 117 Å². The summed E-state index contributed by atoms with van der Waals surface area (Å²) >= 11 is 0. The fourth-order valence-corrected chi connectivity index (χ4v) is 2.28. The third-order valence-electron chi connectivity index (χ3n) is 3.45. The van der Waals surface area contributed by atoms with E-state index in [0.29, 0.717) is 19.1 Å². The van der Waals surface area contributed by atoms with Crippen LogP contribution < -0.4 is 10.6 Å². The summed E-state index contributed by atoms with van der Waals surface area (Å²) in [6.45, 7) is 2.44. The number of nitrogens with one attached hydrogen (secondary N) is 2. The lowest BCUT2D eigenvalue weighted by atomic mass is 9.88. The van der Waals surface area contributed by atoms with Gasteiger partial charge in [-0.3, -0.25) is 0 Å². The van der Waals surface area contributed by atoms with Crippen molar-refractivity contribution in [2.45, 2.75) is 51.3 Å². The highest BCUT2D eigenvalue weighted by Gasteiger charge is 2.26. The van der Waals surface area contributed by atoms with Gasteiger partial charge in [0.1, 0.15) is 0 Å². The molecule has 2 N–H and O–H groups in total. The molecule has 0 saturated heterocycles. The van der Waals surface area contributed by atoms with Crippen LogP contribution in [-0.4, -0.2) is 38.0 Å². The van der Waals surface area contributed by atoms with Crippen LogP contribution in [0.15, 0.2) is 0 Å². The summed E-state index contributed by atoms with van der Waals surface area (Å²) in [5.74, 6) is 0.532. The number of carbonyl (C=O) groups excluding carboxylic acids is 1. The molecule has 7 heteroatoms. The van der Waals surface area contributed by atoms with Crippen molar-refractivity contribution >= 4 is 6.03 Å². The van der Waals surface area contributed by atoms with E-state index >= 15 is 0 Å². The van der Waals surface area contributed by atoms with Crippen molar-refractivity contribution in [3.8, 4) is 0 Å². The standard InChI is InChI=1S/C13H23F3N2O2/c1-10-4-2-3-5-11(10)20-9-8-18-12(19)17-7-6-13(14,15)16/h10-11H,2-9H2,1H3,(H2,17,18,19)/t10-,11-/m0/s1. The Kier molecular flexibility index (Phi) is 7.12. The largest absolute Gasteiger partial charge is 0.390 e. The first-order valence-electron chi connectivity index (χ1n) is 7.08. The number of hydrogen-bond acceptors (Lipinski definition) is 2.